The zero-order chi connectivity index (χ0) is 10.7. The van der Waals surface area contributed by atoms with Crippen molar-refractivity contribution < 1.29 is 8.60 Å². The van der Waals surface area contributed by atoms with Gasteiger partial charge in [-0.2, -0.15) is 0 Å². The van der Waals surface area contributed by atoms with E-state index >= 15 is 0 Å². The summed E-state index contributed by atoms with van der Waals surface area (Å²) in [6.45, 7) is 1.86. The van der Waals surface area contributed by atoms with Gasteiger partial charge in [-0.15, -0.1) is 12.4 Å². The number of hydrogen-bond donors (Lipinski definition) is 1. The van der Waals surface area contributed by atoms with E-state index in [0.717, 1.165) is 30.8 Å². The molecule has 1 unspecified atom stereocenters. The predicted molar refractivity (Wildman–Crippen MR) is 65.9 cm³/mol. The SMILES string of the molecule is Cl.O=S(c1ccc(F)cc1)C1CCNCC1. The van der Waals surface area contributed by atoms with Crippen molar-refractivity contribution in [2.24, 2.45) is 0 Å². The molecule has 1 fully saturated rings. The van der Waals surface area contributed by atoms with Gasteiger partial charge in [0.2, 0.25) is 0 Å². The first kappa shape index (κ1) is 13.6. The molecule has 1 aliphatic rings. The molecular weight excluding hydrogens is 249 g/mol. The van der Waals surface area contributed by atoms with Gasteiger partial charge in [0.25, 0.3) is 0 Å². The second kappa shape index (κ2) is 6.33. The molecule has 5 heteroatoms. The van der Waals surface area contributed by atoms with Crippen molar-refractivity contribution in [3.05, 3.63) is 30.1 Å². The number of rotatable bonds is 2. The van der Waals surface area contributed by atoms with Crippen molar-refractivity contribution in [2.75, 3.05) is 13.1 Å². The molecule has 16 heavy (non-hydrogen) atoms. The Morgan fingerprint density at radius 3 is 2.31 bits per heavy atom. The van der Waals surface area contributed by atoms with Crippen LogP contribution in [0.5, 0.6) is 0 Å². The number of nitrogens with one attached hydrogen (secondary N) is 1. The largest absolute Gasteiger partial charge is 0.317 e. The van der Waals surface area contributed by atoms with Gasteiger partial charge in [0.1, 0.15) is 5.82 Å². The van der Waals surface area contributed by atoms with Crippen LogP contribution in [0, 0.1) is 5.82 Å². The first-order valence-electron chi connectivity index (χ1n) is 5.14. The van der Waals surface area contributed by atoms with Crippen molar-refractivity contribution in [1.82, 2.24) is 5.32 Å². The second-order valence-corrected chi connectivity index (χ2v) is 5.43. The highest BCUT2D eigenvalue weighted by Gasteiger charge is 2.20. The van der Waals surface area contributed by atoms with Crippen molar-refractivity contribution in [3.8, 4) is 0 Å². The third-order valence-electron chi connectivity index (χ3n) is 2.63. The third kappa shape index (κ3) is 3.27. The van der Waals surface area contributed by atoms with Gasteiger partial charge in [-0.05, 0) is 50.2 Å². The summed E-state index contributed by atoms with van der Waals surface area (Å²) in [6.07, 6.45) is 1.87. The topological polar surface area (TPSA) is 29.1 Å². The molecular formula is C11H15ClFNOS. The maximum absolute atomic E-state index is 12.7. The van der Waals surface area contributed by atoms with E-state index in [4.69, 9.17) is 0 Å². The first-order valence-corrected chi connectivity index (χ1v) is 6.35. The zero-order valence-corrected chi connectivity index (χ0v) is 10.5. The highest BCUT2D eigenvalue weighted by molar-refractivity contribution is 7.85. The van der Waals surface area contributed by atoms with Crippen molar-refractivity contribution in [2.45, 2.75) is 23.0 Å². The molecule has 0 aliphatic carbocycles. The maximum atomic E-state index is 12.7. The van der Waals surface area contributed by atoms with Gasteiger partial charge in [-0.3, -0.25) is 4.21 Å². The van der Waals surface area contributed by atoms with Crippen LogP contribution in [0.3, 0.4) is 0 Å². The average molecular weight is 264 g/mol. The van der Waals surface area contributed by atoms with E-state index in [2.05, 4.69) is 5.32 Å². The van der Waals surface area contributed by atoms with Crippen LogP contribution in [0.25, 0.3) is 0 Å². The molecule has 1 aromatic rings. The van der Waals surface area contributed by atoms with Crippen LogP contribution in [-0.4, -0.2) is 22.5 Å². The Morgan fingerprint density at radius 1 is 1.19 bits per heavy atom. The molecule has 1 heterocycles. The quantitative estimate of drug-likeness (QED) is 0.886. The zero-order valence-electron chi connectivity index (χ0n) is 8.82. The molecule has 0 spiro atoms. The number of halogens is 2. The van der Waals surface area contributed by atoms with Gasteiger partial charge < -0.3 is 5.32 Å². The summed E-state index contributed by atoms with van der Waals surface area (Å²) in [5.74, 6) is -0.277. The Hall–Kier alpha value is -0.450. The molecule has 1 saturated heterocycles. The smallest absolute Gasteiger partial charge is 0.123 e. The van der Waals surface area contributed by atoms with E-state index < -0.39 is 10.8 Å². The van der Waals surface area contributed by atoms with Gasteiger partial charge in [0, 0.05) is 10.1 Å². The summed E-state index contributed by atoms with van der Waals surface area (Å²) in [5, 5.41) is 3.45. The molecule has 0 radical (unpaired) electrons. The molecule has 0 aromatic heterocycles. The number of hydrogen-bond acceptors (Lipinski definition) is 2. The fraction of sp³-hybridized carbons (Fsp3) is 0.455. The summed E-state index contributed by atoms with van der Waals surface area (Å²) in [7, 11) is -0.985. The van der Waals surface area contributed by atoms with E-state index in [1.807, 2.05) is 0 Å². The van der Waals surface area contributed by atoms with E-state index in [0.29, 0.717) is 0 Å². The minimum absolute atomic E-state index is 0. The molecule has 0 saturated carbocycles. The molecule has 1 aromatic carbocycles. The lowest BCUT2D eigenvalue weighted by molar-refractivity contribution is 0.519. The molecule has 2 rings (SSSR count). The van der Waals surface area contributed by atoms with Gasteiger partial charge in [-0.25, -0.2) is 4.39 Å². The lowest BCUT2D eigenvalue weighted by Crippen LogP contribution is -2.33. The molecule has 1 atom stereocenters. The monoisotopic (exact) mass is 263 g/mol. The fourth-order valence-electron chi connectivity index (χ4n) is 1.77. The van der Waals surface area contributed by atoms with E-state index in [9.17, 15) is 8.60 Å². The lowest BCUT2D eigenvalue weighted by atomic mass is 10.2. The molecule has 2 nitrogen and oxygen atoms in total. The van der Waals surface area contributed by atoms with Crippen LogP contribution in [0.15, 0.2) is 29.2 Å². The van der Waals surface area contributed by atoms with Gasteiger partial charge in [-0.1, -0.05) is 0 Å². The Morgan fingerprint density at radius 2 is 1.75 bits per heavy atom. The summed E-state index contributed by atoms with van der Waals surface area (Å²) < 4.78 is 24.8. The molecule has 0 amide bonds. The standard InChI is InChI=1S/C11H14FNOS.ClH/c12-9-1-3-10(4-2-9)15(14)11-5-7-13-8-6-11;/h1-4,11,13H,5-8H2;1H. The Balaban J connectivity index is 0.00000128. The first-order chi connectivity index (χ1) is 7.27. The van der Waals surface area contributed by atoms with E-state index in [1.54, 1.807) is 12.1 Å². The van der Waals surface area contributed by atoms with E-state index in [1.165, 1.54) is 12.1 Å². The molecule has 0 bridgehead atoms. The van der Waals surface area contributed by atoms with Crippen molar-refractivity contribution in [1.29, 1.82) is 0 Å². The highest BCUT2D eigenvalue weighted by Crippen LogP contribution is 2.18. The summed E-state index contributed by atoms with van der Waals surface area (Å²) >= 11 is 0. The van der Waals surface area contributed by atoms with Gasteiger partial charge in [0.15, 0.2) is 0 Å². The van der Waals surface area contributed by atoms with Crippen LogP contribution < -0.4 is 5.32 Å². The molecule has 90 valence electrons. The summed E-state index contributed by atoms with van der Waals surface area (Å²) in [4.78, 5) is 0.739. The third-order valence-corrected chi connectivity index (χ3v) is 4.45. The summed E-state index contributed by atoms with van der Waals surface area (Å²) in [6, 6.07) is 5.98. The average Bonchev–Trinajstić information content (AvgIpc) is 2.30. The van der Waals surface area contributed by atoms with E-state index in [-0.39, 0.29) is 23.5 Å². The fourth-order valence-corrected chi connectivity index (χ4v) is 3.22. The summed E-state index contributed by atoms with van der Waals surface area (Å²) in [5.41, 5.74) is 0. The van der Waals surface area contributed by atoms with Crippen LogP contribution in [0.4, 0.5) is 4.39 Å². The van der Waals surface area contributed by atoms with Crippen LogP contribution in [0.1, 0.15) is 12.8 Å². The van der Waals surface area contributed by atoms with Crippen molar-refractivity contribution in [3.63, 3.8) is 0 Å². The Labute approximate surface area is 103 Å². The highest BCUT2D eigenvalue weighted by atomic mass is 35.5. The Bertz CT molecular complexity index is 352. The van der Waals surface area contributed by atoms with Gasteiger partial charge in [0.05, 0.1) is 10.8 Å². The number of piperidine rings is 1. The van der Waals surface area contributed by atoms with Crippen LogP contribution in [-0.2, 0) is 10.8 Å². The predicted octanol–water partition coefficient (Wildman–Crippen LogP) is 2.11. The van der Waals surface area contributed by atoms with Crippen LogP contribution in [0.2, 0.25) is 0 Å². The Kier molecular flexibility index (Phi) is 5.38. The minimum Gasteiger partial charge on any atom is -0.317 e. The maximum Gasteiger partial charge on any atom is 0.123 e. The molecule has 1 aliphatic heterocycles. The number of benzene rings is 1. The molecule has 1 N–H and O–H groups in total. The lowest BCUT2D eigenvalue weighted by Gasteiger charge is -2.21. The minimum atomic E-state index is -0.985. The second-order valence-electron chi connectivity index (χ2n) is 3.70. The van der Waals surface area contributed by atoms with Gasteiger partial charge >= 0.3 is 0 Å². The normalized spacial score (nSPS) is 18.8. The van der Waals surface area contributed by atoms with Crippen molar-refractivity contribution >= 4 is 23.2 Å². The van der Waals surface area contributed by atoms with Crippen LogP contribution >= 0.6 is 12.4 Å².